The zero-order chi connectivity index (χ0) is 13.0. The molecule has 0 N–H and O–H groups in total. The fourth-order valence-corrected chi connectivity index (χ4v) is 1.22. The lowest BCUT2D eigenvalue weighted by molar-refractivity contribution is 0.0719. The third-order valence-corrected chi connectivity index (χ3v) is 2.11. The van der Waals surface area contributed by atoms with E-state index in [2.05, 4.69) is 9.97 Å². The molecule has 0 saturated carbocycles. The maximum absolute atomic E-state index is 12.6. The van der Waals surface area contributed by atoms with Crippen LogP contribution in [0.25, 0.3) is 0 Å². The number of nitrogens with zero attached hydrogens (tertiary/aromatic N) is 2. The van der Waals surface area contributed by atoms with Gasteiger partial charge in [0.05, 0.1) is 25.1 Å². The molecule has 0 aliphatic heterocycles. The van der Waals surface area contributed by atoms with Crippen molar-refractivity contribution in [2.24, 2.45) is 0 Å². The Bertz CT molecular complexity index is 540. The van der Waals surface area contributed by atoms with Gasteiger partial charge in [0, 0.05) is 0 Å². The number of carbonyl (C=O) groups is 1. The predicted molar refractivity (Wildman–Crippen MR) is 59.9 cm³/mol. The van der Waals surface area contributed by atoms with Gasteiger partial charge in [0.1, 0.15) is 5.75 Å². The first-order chi connectivity index (χ1) is 8.69. The second-order valence-electron chi connectivity index (χ2n) is 3.30. The van der Waals surface area contributed by atoms with Gasteiger partial charge >= 0.3 is 12.0 Å². The second kappa shape index (κ2) is 5.22. The zero-order valence-electron chi connectivity index (χ0n) is 9.46. The number of hydrogen-bond donors (Lipinski definition) is 0. The van der Waals surface area contributed by atoms with Crippen LogP contribution in [-0.4, -0.2) is 23.0 Å². The van der Waals surface area contributed by atoms with Gasteiger partial charge in [0.25, 0.3) is 0 Å². The number of rotatable bonds is 3. The summed E-state index contributed by atoms with van der Waals surface area (Å²) in [4.78, 5) is 18.7. The smallest absolute Gasteiger partial charge is 0.345 e. The van der Waals surface area contributed by atoms with Crippen LogP contribution >= 0.6 is 0 Å². The van der Waals surface area contributed by atoms with Crippen molar-refractivity contribution in [2.75, 3.05) is 7.11 Å². The Balaban J connectivity index is 2.09. The van der Waals surface area contributed by atoms with E-state index < -0.39 is 11.8 Å². The van der Waals surface area contributed by atoms with E-state index in [9.17, 15) is 9.18 Å². The Morgan fingerprint density at radius 2 is 1.78 bits per heavy atom. The van der Waals surface area contributed by atoms with Gasteiger partial charge in [0.15, 0.2) is 5.82 Å². The van der Waals surface area contributed by atoms with E-state index in [4.69, 9.17) is 9.47 Å². The molecular weight excluding hydrogens is 239 g/mol. The SMILES string of the molecule is COc1ccc(C(=O)Oc2ncc(F)cn2)cc1. The fraction of sp³-hybridized carbons (Fsp3) is 0.0833. The van der Waals surface area contributed by atoms with Crippen LogP contribution in [0, 0.1) is 5.82 Å². The Kier molecular flexibility index (Phi) is 3.47. The highest BCUT2D eigenvalue weighted by Crippen LogP contribution is 2.13. The molecule has 0 aliphatic carbocycles. The van der Waals surface area contributed by atoms with Gasteiger partial charge in [0.2, 0.25) is 0 Å². The molecule has 0 unspecified atom stereocenters. The van der Waals surface area contributed by atoms with E-state index in [1.165, 1.54) is 7.11 Å². The summed E-state index contributed by atoms with van der Waals surface area (Å²) in [6.45, 7) is 0. The summed E-state index contributed by atoms with van der Waals surface area (Å²) in [5, 5.41) is 0. The van der Waals surface area contributed by atoms with Crippen molar-refractivity contribution in [3.63, 3.8) is 0 Å². The first-order valence-electron chi connectivity index (χ1n) is 5.03. The Morgan fingerprint density at radius 1 is 1.17 bits per heavy atom. The molecule has 1 aromatic carbocycles. The number of aromatic nitrogens is 2. The molecule has 0 saturated heterocycles. The molecule has 0 fully saturated rings. The Labute approximate surface area is 102 Å². The summed E-state index contributed by atoms with van der Waals surface area (Å²) in [6, 6.07) is 6.15. The number of carbonyl (C=O) groups excluding carboxylic acids is 1. The Morgan fingerprint density at radius 3 is 2.33 bits per heavy atom. The maximum Gasteiger partial charge on any atom is 0.345 e. The molecule has 1 heterocycles. The molecule has 0 spiro atoms. The third kappa shape index (κ3) is 2.79. The maximum atomic E-state index is 12.6. The molecule has 6 heteroatoms. The molecule has 0 bridgehead atoms. The van der Waals surface area contributed by atoms with E-state index in [-0.39, 0.29) is 6.01 Å². The van der Waals surface area contributed by atoms with Gasteiger partial charge < -0.3 is 9.47 Å². The van der Waals surface area contributed by atoms with Crippen molar-refractivity contribution < 1.29 is 18.7 Å². The van der Waals surface area contributed by atoms with E-state index in [1.54, 1.807) is 24.3 Å². The largest absolute Gasteiger partial charge is 0.497 e. The number of esters is 1. The van der Waals surface area contributed by atoms with E-state index in [0.29, 0.717) is 11.3 Å². The van der Waals surface area contributed by atoms with E-state index in [0.717, 1.165) is 12.4 Å². The first kappa shape index (κ1) is 12.0. The van der Waals surface area contributed by atoms with E-state index in [1.807, 2.05) is 0 Å². The van der Waals surface area contributed by atoms with E-state index >= 15 is 0 Å². The van der Waals surface area contributed by atoms with Crippen LogP contribution in [0.1, 0.15) is 10.4 Å². The number of ether oxygens (including phenoxy) is 2. The molecule has 2 rings (SSSR count). The average Bonchev–Trinajstić information content (AvgIpc) is 2.41. The summed E-state index contributed by atoms with van der Waals surface area (Å²) in [5.41, 5.74) is 0.323. The van der Waals surface area contributed by atoms with Crippen LogP contribution in [0.15, 0.2) is 36.7 Å². The summed E-state index contributed by atoms with van der Waals surface area (Å²) in [5.74, 6) is -0.590. The number of hydrogen-bond acceptors (Lipinski definition) is 5. The summed E-state index contributed by atoms with van der Waals surface area (Å²) < 4.78 is 22.4. The van der Waals surface area contributed by atoms with Crippen molar-refractivity contribution in [1.29, 1.82) is 0 Å². The molecular formula is C12H9FN2O3. The molecule has 0 aliphatic rings. The van der Waals surface area contributed by atoms with Gasteiger partial charge in [-0.15, -0.1) is 0 Å². The highest BCUT2D eigenvalue weighted by atomic mass is 19.1. The Hall–Kier alpha value is -2.50. The lowest BCUT2D eigenvalue weighted by Crippen LogP contribution is -2.10. The second-order valence-corrected chi connectivity index (χ2v) is 3.30. The summed E-state index contributed by atoms with van der Waals surface area (Å²) in [6.07, 6.45) is 1.84. The van der Waals surface area contributed by atoms with Crippen LogP contribution in [-0.2, 0) is 0 Å². The average molecular weight is 248 g/mol. The molecule has 92 valence electrons. The standard InChI is InChI=1S/C12H9FN2O3/c1-17-10-4-2-8(3-5-10)11(16)18-12-14-6-9(13)7-15-12/h2-7H,1H3. The zero-order valence-corrected chi connectivity index (χ0v) is 9.46. The van der Waals surface area contributed by atoms with Crippen LogP contribution in [0.5, 0.6) is 11.8 Å². The first-order valence-corrected chi connectivity index (χ1v) is 5.03. The number of halogens is 1. The summed E-state index contributed by atoms with van der Waals surface area (Å²) in [7, 11) is 1.53. The monoisotopic (exact) mass is 248 g/mol. The van der Waals surface area contributed by atoms with Crippen molar-refractivity contribution in [3.05, 3.63) is 48.0 Å². The normalized spacial score (nSPS) is 9.89. The molecule has 2 aromatic rings. The van der Waals surface area contributed by atoms with Crippen LogP contribution in [0.2, 0.25) is 0 Å². The minimum Gasteiger partial charge on any atom is -0.497 e. The van der Waals surface area contributed by atoms with Gasteiger partial charge in [-0.3, -0.25) is 0 Å². The van der Waals surface area contributed by atoms with Crippen molar-refractivity contribution in [2.45, 2.75) is 0 Å². The lowest BCUT2D eigenvalue weighted by atomic mass is 10.2. The highest BCUT2D eigenvalue weighted by Gasteiger charge is 2.10. The minimum absolute atomic E-state index is 0.197. The quantitative estimate of drug-likeness (QED) is 0.775. The molecule has 18 heavy (non-hydrogen) atoms. The summed E-state index contributed by atoms with van der Waals surface area (Å²) >= 11 is 0. The van der Waals surface area contributed by atoms with Crippen LogP contribution in [0.4, 0.5) is 4.39 Å². The van der Waals surface area contributed by atoms with Crippen molar-refractivity contribution >= 4 is 5.97 Å². The minimum atomic E-state index is -0.621. The van der Waals surface area contributed by atoms with Gasteiger partial charge in [-0.2, -0.15) is 0 Å². The van der Waals surface area contributed by atoms with Gasteiger partial charge in [-0.1, -0.05) is 0 Å². The molecule has 5 nitrogen and oxygen atoms in total. The van der Waals surface area contributed by atoms with Crippen molar-refractivity contribution in [3.8, 4) is 11.8 Å². The molecule has 0 radical (unpaired) electrons. The molecule has 1 aromatic heterocycles. The predicted octanol–water partition coefficient (Wildman–Crippen LogP) is 1.84. The molecule has 0 amide bonds. The molecule has 0 atom stereocenters. The van der Waals surface area contributed by atoms with Crippen LogP contribution in [0.3, 0.4) is 0 Å². The van der Waals surface area contributed by atoms with Crippen molar-refractivity contribution in [1.82, 2.24) is 9.97 Å². The van der Waals surface area contributed by atoms with Gasteiger partial charge in [-0.25, -0.2) is 19.2 Å². The van der Waals surface area contributed by atoms with Crippen LogP contribution < -0.4 is 9.47 Å². The van der Waals surface area contributed by atoms with Gasteiger partial charge in [-0.05, 0) is 24.3 Å². The highest BCUT2D eigenvalue weighted by molar-refractivity contribution is 5.90. The lowest BCUT2D eigenvalue weighted by Gasteiger charge is -2.03. The topological polar surface area (TPSA) is 61.3 Å². The third-order valence-electron chi connectivity index (χ3n) is 2.11. The fourth-order valence-electron chi connectivity index (χ4n) is 1.22. The number of methoxy groups -OCH3 is 1. The number of benzene rings is 1.